The van der Waals surface area contributed by atoms with Gasteiger partial charge in [-0.05, 0) is 97.1 Å². The van der Waals surface area contributed by atoms with Crippen molar-refractivity contribution in [1.29, 1.82) is 0 Å². The van der Waals surface area contributed by atoms with E-state index in [9.17, 15) is 9.59 Å². The molecule has 0 aromatic heterocycles. The Morgan fingerprint density at radius 3 is 2.49 bits per heavy atom. The first-order chi connectivity index (χ1) is 22.3. The van der Waals surface area contributed by atoms with Crippen LogP contribution in [0.4, 0.5) is 10.5 Å². The van der Waals surface area contributed by atoms with Gasteiger partial charge in [0.25, 0.3) is 0 Å². The monoisotopic (exact) mass is 637 g/mol. The lowest BCUT2D eigenvalue weighted by molar-refractivity contribution is -0.134. The van der Waals surface area contributed by atoms with E-state index in [1.807, 2.05) is 18.7 Å². The molecule has 4 aliphatic rings. The third-order valence-electron chi connectivity index (χ3n) is 10.7. The Bertz CT molecular complexity index is 1800. The Labute approximate surface area is 277 Å². The average Bonchev–Trinajstić information content (AvgIpc) is 3.70. The Hall–Kier alpha value is -3.89. The molecule has 47 heavy (non-hydrogen) atoms. The van der Waals surface area contributed by atoms with Crippen LogP contribution < -0.4 is 15.5 Å². The first-order valence-electron chi connectivity index (χ1n) is 16.7. The highest BCUT2D eigenvalue weighted by Gasteiger charge is 2.52. The summed E-state index contributed by atoms with van der Waals surface area (Å²) < 4.78 is 23.8. The van der Waals surface area contributed by atoms with E-state index < -0.39 is 30.5 Å². The van der Waals surface area contributed by atoms with Crippen LogP contribution >= 0.6 is 0 Å². The molecular formula is C37H44BN3O6. The molecule has 0 saturated carbocycles. The molecule has 4 aliphatic heterocycles. The molecule has 2 fully saturated rings. The van der Waals surface area contributed by atoms with Crippen molar-refractivity contribution in [2.45, 2.75) is 91.2 Å². The summed E-state index contributed by atoms with van der Waals surface area (Å²) in [5.74, 6) is 1.00. The first-order valence-corrected chi connectivity index (χ1v) is 16.7. The molecule has 10 heteroatoms. The summed E-state index contributed by atoms with van der Waals surface area (Å²) in [5, 5.41) is 5.00. The van der Waals surface area contributed by atoms with E-state index in [0.29, 0.717) is 25.5 Å². The summed E-state index contributed by atoms with van der Waals surface area (Å²) in [7, 11) is 0.890. The van der Waals surface area contributed by atoms with Gasteiger partial charge in [-0.3, -0.25) is 9.79 Å². The molecule has 2 amide bonds. The van der Waals surface area contributed by atoms with Crippen LogP contribution in [0, 0.1) is 11.8 Å². The number of methoxy groups -OCH3 is 1. The molecule has 1 unspecified atom stereocenters. The van der Waals surface area contributed by atoms with Crippen LogP contribution in [0.1, 0.15) is 66.0 Å². The zero-order valence-corrected chi connectivity index (χ0v) is 28.6. The number of amides is 2. The number of fused-ring (bicyclic) bond motifs is 6. The van der Waals surface area contributed by atoms with E-state index in [2.05, 4.69) is 82.4 Å². The molecule has 1 N–H and O–H groups in total. The van der Waals surface area contributed by atoms with Gasteiger partial charge in [0.1, 0.15) is 18.4 Å². The van der Waals surface area contributed by atoms with E-state index in [1.165, 1.54) is 7.11 Å². The van der Waals surface area contributed by atoms with Crippen molar-refractivity contribution in [3.63, 3.8) is 0 Å². The number of hydrogen-bond acceptors (Lipinski definition) is 7. The van der Waals surface area contributed by atoms with Gasteiger partial charge in [0.2, 0.25) is 5.91 Å². The fraction of sp³-hybridized carbons (Fsp3) is 0.486. The van der Waals surface area contributed by atoms with Gasteiger partial charge in [0, 0.05) is 24.2 Å². The van der Waals surface area contributed by atoms with E-state index in [4.69, 9.17) is 23.8 Å². The van der Waals surface area contributed by atoms with Crippen LogP contribution in [-0.4, -0.2) is 66.7 Å². The SMILES string of the molecule is COC(=O)NC(C(=O)N1C[C@@H](C)C[C@H]1C1=Nc2ccc3cc4c(cc3c2C1)OCc1cc(B2OC(C)(C)C(C)(C)O2)ccc1-4)C(C)C. The maximum absolute atomic E-state index is 13.8. The van der Waals surface area contributed by atoms with Crippen molar-refractivity contribution < 1.29 is 28.4 Å². The van der Waals surface area contributed by atoms with E-state index in [-0.39, 0.29) is 17.9 Å². The molecule has 0 spiro atoms. The summed E-state index contributed by atoms with van der Waals surface area (Å²) in [6.07, 6.45) is 0.900. The van der Waals surface area contributed by atoms with Gasteiger partial charge in [-0.25, -0.2) is 4.79 Å². The summed E-state index contributed by atoms with van der Waals surface area (Å²) >= 11 is 0. The van der Waals surface area contributed by atoms with Gasteiger partial charge in [-0.2, -0.15) is 0 Å². The second kappa shape index (κ2) is 11.4. The van der Waals surface area contributed by atoms with Crippen LogP contribution in [0.15, 0.2) is 47.5 Å². The maximum atomic E-state index is 13.8. The predicted molar refractivity (Wildman–Crippen MR) is 184 cm³/mol. The molecule has 0 radical (unpaired) electrons. The van der Waals surface area contributed by atoms with Crippen molar-refractivity contribution in [3.05, 3.63) is 53.6 Å². The van der Waals surface area contributed by atoms with Crippen LogP contribution in [0.2, 0.25) is 0 Å². The van der Waals surface area contributed by atoms with Crippen molar-refractivity contribution >= 4 is 46.8 Å². The predicted octanol–water partition coefficient (Wildman–Crippen LogP) is 5.94. The second-order valence-electron chi connectivity index (χ2n) is 14.9. The number of nitrogens with one attached hydrogen (secondary N) is 1. The Morgan fingerprint density at radius 2 is 1.79 bits per heavy atom. The first kappa shape index (κ1) is 31.7. The van der Waals surface area contributed by atoms with Gasteiger partial charge in [-0.1, -0.05) is 45.0 Å². The number of carbonyl (C=O) groups excluding carboxylic acids is 2. The highest BCUT2D eigenvalue weighted by molar-refractivity contribution is 6.62. The van der Waals surface area contributed by atoms with Gasteiger partial charge >= 0.3 is 13.2 Å². The lowest BCUT2D eigenvalue weighted by Crippen LogP contribution is -2.53. The molecule has 7 rings (SSSR count). The quantitative estimate of drug-likeness (QED) is 0.348. The zero-order valence-electron chi connectivity index (χ0n) is 28.6. The fourth-order valence-electron chi connectivity index (χ4n) is 7.35. The summed E-state index contributed by atoms with van der Waals surface area (Å²) in [4.78, 5) is 32.9. The molecule has 246 valence electrons. The topological polar surface area (TPSA) is 98.7 Å². The third kappa shape index (κ3) is 5.39. The van der Waals surface area contributed by atoms with Crippen LogP contribution in [0.3, 0.4) is 0 Å². The van der Waals surface area contributed by atoms with E-state index in [0.717, 1.165) is 62.1 Å². The molecule has 3 aromatic rings. The number of carbonyl (C=O) groups is 2. The number of likely N-dealkylation sites (tertiary alicyclic amines) is 1. The van der Waals surface area contributed by atoms with Crippen LogP contribution in [0.5, 0.6) is 5.75 Å². The number of rotatable bonds is 5. The minimum atomic E-state index is -0.667. The normalized spacial score (nSPS) is 22.8. The Balaban J connectivity index is 1.15. The van der Waals surface area contributed by atoms with E-state index >= 15 is 0 Å². The molecule has 0 bridgehead atoms. The third-order valence-corrected chi connectivity index (χ3v) is 10.7. The smallest absolute Gasteiger partial charge is 0.488 e. The molecule has 0 aliphatic carbocycles. The Kier molecular flexibility index (Phi) is 7.67. The van der Waals surface area contributed by atoms with Crippen molar-refractivity contribution in [2.24, 2.45) is 16.8 Å². The van der Waals surface area contributed by atoms with E-state index in [1.54, 1.807) is 0 Å². The molecule has 3 atom stereocenters. The largest absolute Gasteiger partial charge is 0.494 e. The number of benzene rings is 3. The maximum Gasteiger partial charge on any atom is 0.494 e. The highest BCUT2D eigenvalue weighted by Crippen LogP contribution is 2.44. The number of hydrogen-bond donors (Lipinski definition) is 1. The van der Waals surface area contributed by atoms with Crippen LogP contribution in [0.25, 0.3) is 21.9 Å². The fourth-order valence-corrected chi connectivity index (χ4v) is 7.35. The van der Waals surface area contributed by atoms with Crippen molar-refractivity contribution in [1.82, 2.24) is 10.2 Å². The summed E-state index contributed by atoms with van der Waals surface area (Å²) in [6.45, 7) is 15.4. The van der Waals surface area contributed by atoms with Gasteiger partial charge < -0.3 is 29.0 Å². The molecule has 2 saturated heterocycles. The molecule has 4 heterocycles. The number of aliphatic imine (C=N–C) groups is 1. The number of ether oxygens (including phenoxy) is 2. The zero-order chi connectivity index (χ0) is 33.4. The second-order valence-corrected chi connectivity index (χ2v) is 14.9. The average molecular weight is 638 g/mol. The minimum Gasteiger partial charge on any atom is -0.488 e. The molecule has 9 nitrogen and oxygen atoms in total. The van der Waals surface area contributed by atoms with Crippen molar-refractivity contribution in [2.75, 3.05) is 13.7 Å². The highest BCUT2D eigenvalue weighted by atomic mass is 16.7. The van der Waals surface area contributed by atoms with Gasteiger partial charge in [0.15, 0.2) is 0 Å². The molecular weight excluding hydrogens is 593 g/mol. The lowest BCUT2D eigenvalue weighted by Gasteiger charge is -2.32. The van der Waals surface area contributed by atoms with Gasteiger partial charge in [0.05, 0.1) is 30.0 Å². The minimum absolute atomic E-state index is 0.0867. The van der Waals surface area contributed by atoms with Crippen molar-refractivity contribution in [3.8, 4) is 16.9 Å². The molecule has 3 aromatic carbocycles. The number of nitrogens with zero attached hydrogens (tertiary/aromatic N) is 2. The lowest BCUT2D eigenvalue weighted by atomic mass is 9.77. The number of alkyl carbamates (subject to hydrolysis) is 1. The Morgan fingerprint density at radius 1 is 1.04 bits per heavy atom. The summed E-state index contributed by atoms with van der Waals surface area (Å²) in [5.41, 5.74) is 6.61. The summed E-state index contributed by atoms with van der Waals surface area (Å²) in [6, 6.07) is 14.2. The van der Waals surface area contributed by atoms with Crippen LogP contribution in [-0.2, 0) is 31.9 Å². The van der Waals surface area contributed by atoms with Gasteiger partial charge in [-0.15, -0.1) is 0 Å². The standard InChI is InChI=1S/C37H44BN3O6/c1-20(2)33(40-35(43)44-8)34(42)41-18-21(3)13-31(41)30-16-27-26-17-32-28(15-22(26)9-12-29(27)39-30)25-11-10-24(14-23(25)19-45-32)38-46-36(4,5)37(6,7)47-38/h9-12,14-15,17,20-21,31,33H,13,16,18-19H2,1-8H3,(H,40,43)/t21-,31-,33?/m0/s1.